The number of nitrogens with zero attached hydrogens (tertiary/aromatic N) is 2. The maximum Gasteiger partial charge on any atom is 0.416 e. The number of halogens is 3. The third-order valence-electron chi connectivity index (χ3n) is 5.79. The molecule has 2 amide bonds. The van der Waals surface area contributed by atoms with Gasteiger partial charge in [-0.1, -0.05) is 24.3 Å². The molecule has 0 bridgehead atoms. The number of carbonyl (C=O) groups is 1. The minimum Gasteiger partial charge on any atom is -0.385 e. The van der Waals surface area contributed by atoms with Crippen LogP contribution in [-0.2, 0) is 24.0 Å². The molecule has 1 heterocycles. The van der Waals surface area contributed by atoms with Crippen LogP contribution in [0.25, 0.3) is 0 Å². The van der Waals surface area contributed by atoms with Gasteiger partial charge >= 0.3 is 12.2 Å². The fraction of sp³-hybridized carbons (Fsp3) is 0.346. The van der Waals surface area contributed by atoms with E-state index in [1.807, 2.05) is 54.9 Å². The van der Waals surface area contributed by atoms with Gasteiger partial charge in [0, 0.05) is 44.4 Å². The fourth-order valence-electron chi connectivity index (χ4n) is 3.72. The fourth-order valence-corrected chi connectivity index (χ4v) is 3.72. The third kappa shape index (κ3) is 6.63. The Balaban J connectivity index is 1.78. The second-order valence-corrected chi connectivity index (χ2v) is 8.27. The minimum atomic E-state index is -4.39. The zero-order valence-corrected chi connectivity index (χ0v) is 19.7. The van der Waals surface area contributed by atoms with Gasteiger partial charge in [0.2, 0.25) is 0 Å². The van der Waals surface area contributed by atoms with Gasteiger partial charge in [0.1, 0.15) is 0 Å². The first-order valence-electron chi connectivity index (χ1n) is 11.1. The standard InChI is InChI=1S/C26H30F3N3O2/c1-19-8-4-12-24(20(19)2)30-25(33)32(14-7-15-34-3)18-23-11-6-13-31(23)17-21-9-5-10-22(16-21)26(27,28)29/h4-6,8-13,16H,7,14-15,17-18H2,1-3H3,(H,30,33). The van der Waals surface area contributed by atoms with Gasteiger partial charge < -0.3 is 19.5 Å². The monoisotopic (exact) mass is 473 g/mol. The first-order valence-corrected chi connectivity index (χ1v) is 11.1. The molecule has 0 saturated carbocycles. The number of hydrogen-bond acceptors (Lipinski definition) is 2. The van der Waals surface area contributed by atoms with Crippen molar-refractivity contribution >= 4 is 11.7 Å². The average Bonchev–Trinajstić information content (AvgIpc) is 3.22. The normalized spacial score (nSPS) is 11.5. The third-order valence-corrected chi connectivity index (χ3v) is 5.79. The molecular weight excluding hydrogens is 443 g/mol. The van der Waals surface area contributed by atoms with Gasteiger partial charge in [-0.2, -0.15) is 13.2 Å². The molecule has 0 atom stereocenters. The molecule has 34 heavy (non-hydrogen) atoms. The number of aryl methyl sites for hydroxylation is 1. The van der Waals surface area contributed by atoms with Crippen molar-refractivity contribution in [1.29, 1.82) is 0 Å². The molecule has 3 aromatic rings. The van der Waals surface area contributed by atoms with Gasteiger partial charge in [-0.15, -0.1) is 0 Å². The Hall–Kier alpha value is -3.26. The summed E-state index contributed by atoms with van der Waals surface area (Å²) >= 11 is 0. The first-order chi connectivity index (χ1) is 16.2. The van der Waals surface area contributed by atoms with Crippen molar-refractivity contribution in [1.82, 2.24) is 9.47 Å². The molecule has 0 fully saturated rings. The molecule has 0 radical (unpaired) electrons. The molecule has 5 nitrogen and oxygen atoms in total. The van der Waals surface area contributed by atoms with E-state index in [0.29, 0.717) is 31.7 Å². The largest absolute Gasteiger partial charge is 0.416 e. The highest BCUT2D eigenvalue weighted by atomic mass is 19.4. The number of anilines is 1. The van der Waals surface area contributed by atoms with Gasteiger partial charge in [-0.25, -0.2) is 4.79 Å². The van der Waals surface area contributed by atoms with Crippen molar-refractivity contribution in [3.8, 4) is 0 Å². The Morgan fingerprint density at radius 2 is 1.85 bits per heavy atom. The van der Waals surface area contributed by atoms with Crippen LogP contribution < -0.4 is 5.32 Å². The quantitative estimate of drug-likeness (QED) is 0.374. The van der Waals surface area contributed by atoms with Gasteiger partial charge in [-0.05, 0) is 67.3 Å². The predicted octanol–water partition coefficient (Wildman–Crippen LogP) is 6.24. The van der Waals surface area contributed by atoms with Crippen LogP contribution in [-0.4, -0.2) is 35.8 Å². The van der Waals surface area contributed by atoms with Gasteiger partial charge in [0.15, 0.2) is 0 Å². The number of amides is 2. The van der Waals surface area contributed by atoms with E-state index < -0.39 is 11.7 Å². The van der Waals surface area contributed by atoms with Gasteiger partial charge in [0.05, 0.1) is 12.1 Å². The molecule has 0 unspecified atom stereocenters. The van der Waals surface area contributed by atoms with Crippen molar-refractivity contribution in [2.24, 2.45) is 0 Å². The van der Waals surface area contributed by atoms with Crippen LogP contribution in [0, 0.1) is 13.8 Å². The molecular formula is C26H30F3N3O2. The van der Waals surface area contributed by atoms with E-state index in [4.69, 9.17) is 4.74 Å². The summed E-state index contributed by atoms with van der Waals surface area (Å²) in [6, 6.07) is 14.5. The molecule has 1 aromatic heterocycles. The zero-order valence-electron chi connectivity index (χ0n) is 19.7. The van der Waals surface area contributed by atoms with E-state index in [2.05, 4.69) is 5.32 Å². The number of ether oxygens (including phenoxy) is 1. The van der Waals surface area contributed by atoms with Crippen LogP contribution in [0.4, 0.5) is 23.7 Å². The average molecular weight is 474 g/mol. The van der Waals surface area contributed by atoms with Crippen molar-refractivity contribution in [3.63, 3.8) is 0 Å². The highest BCUT2D eigenvalue weighted by molar-refractivity contribution is 5.90. The summed E-state index contributed by atoms with van der Waals surface area (Å²) in [4.78, 5) is 14.9. The highest BCUT2D eigenvalue weighted by Gasteiger charge is 2.30. The molecule has 0 aliphatic heterocycles. The summed E-state index contributed by atoms with van der Waals surface area (Å²) in [5.41, 5.74) is 3.53. The Bertz CT molecular complexity index is 1110. The van der Waals surface area contributed by atoms with Crippen LogP contribution >= 0.6 is 0 Å². The summed E-state index contributed by atoms with van der Waals surface area (Å²) < 4.78 is 46.3. The molecule has 1 N–H and O–H groups in total. The van der Waals surface area contributed by atoms with Crippen molar-refractivity contribution in [3.05, 3.63) is 88.7 Å². The second-order valence-electron chi connectivity index (χ2n) is 8.27. The number of urea groups is 1. The van der Waals surface area contributed by atoms with E-state index in [1.165, 1.54) is 6.07 Å². The maximum atomic E-state index is 13.2. The smallest absolute Gasteiger partial charge is 0.385 e. The van der Waals surface area contributed by atoms with Crippen molar-refractivity contribution in [2.75, 3.05) is 25.6 Å². The van der Waals surface area contributed by atoms with E-state index >= 15 is 0 Å². The van der Waals surface area contributed by atoms with Crippen LogP contribution in [0.1, 0.15) is 34.4 Å². The summed E-state index contributed by atoms with van der Waals surface area (Å²) in [6.07, 6.45) is -1.92. The number of carbonyl (C=O) groups excluding carboxylic acids is 1. The minimum absolute atomic E-state index is 0.239. The summed E-state index contributed by atoms with van der Waals surface area (Å²) in [5, 5.41) is 3.00. The van der Waals surface area contributed by atoms with Gasteiger partial charge in [-0.3, -0.25) is 0 Å². The molecule has 0 saturated heterocycles. The SMILES string of the molecule is COCCCN(Cc1cccn1Cc1cccc(C(F)(F)F)c1)C(=O)Nc1cccc(C)c1C. The van der Waals surface area contributed by atoms with Crippen molar-refractivity contribution in [2.45, 2.75) is 39.5 Å². The molecule has 3 rings (SSSR count). The Labute approximate surface area is 198 Å². The molecule has 2 aromatic carbocycles. The first kappa shape index (κ1) is 25.4. The summed E-state index contributed by atoms with van der Waals surface area (Å²) in [6.45, 7) is 5.52. The van der Waals surface area contributed by atoms with Gasteiger partial charge in [0.25, 0.3) is 0 Å². The molecule has 0 aliphatic rings. The lowest BCUT2D eigenvalue weighted by atomic mass is 10.1. The number of nitrogens with one attached hydrogen (secondary N) is 1. The Kier molecular flexibility index (Phi) is 8.39. The number of aromatic nitrogens is 1. The van der Waals surface area contributed by atoms with Crippen molar-refractivity contribution < 1.29 is 22.7 Å². The molecule has 0 spiro atoms. The number of hydrogen-bond donors (Lipinski definition) is 1. The topological polar surface area (TPSA) is 46.5 Å². The Morgan fingerprint density at radius 3 is 2.59 bits per heavy atom. The molecule has 182 valence electrons. The number of methoxy groups -OCH3 is 1. The van der Waals surface area contributed by atoms with E-state index in [0.717, 1.165) is 34.6 Å². The van der Waals surface area contributed by atoms with Crippen LogP contribution in [0.5, 0.6) is 0 Å². The zero-order chi connectivity index (χ0) is 24.7. The number of alkyl halides is 3. The van der Waals surface area contributed by atoms with Crippen LogP contribution in [0.15, 0.2) is 60.8 Å². The summed E-state index contributed by atoms with van der Waals surface area (Å²) in [5.74, 6) is 0. The van der Waals surface area contributed by atoms with E-state index in [9.17, 15) is 18.0 Å². The number of benzene rings is 2. The predicted molar refractivity (Wildman–Crippen MR) is 127 cm³/mol. The second kappa shape index (κ2) is 11.2. The van der Waals surface area contributed by atoms with E-state index in [-0.39, 0.29) is 12.6 Å². The molecule has 8 heteroatoms. The highest BCUT2D eigenvalue weighted by Crippen LogP contribution is 2.29. The lowest BCUT2D eigenvalue weighted by molar-refractivity contribution is -0.137. The van der Waals surface area contributed by atoms with Crippen LogP contribution in [0.3, 0.4) is 0 Å². The lowest BCUT2D eigenvalue weighted by Gasteiger charge is -2.25. The summed E-state index contributed by atoms with van der Waals surface area (Å²) in [7, 11) is 1.61. The Morgan fingerprint density at radius 1 is 1.09 bits per heavy atom. The molecule has 0 aliphatic carbocycles. The lowest BCUT2D eigenvalue weighted by Crippen LogP contribution is -2.36. The number of rotatable bonds is 9. The van der Waals surface area contributed by atoms with Crippen LogP contribution in [0.2, 0.25) is 0 Å². The maximum absolute atomic E-state index is 13.2. The van der Waals surface area contributed by atoms with E-state index in [1.54, 1.807) is 18.1 Å².